The molecule has 3 aromatic carbocycles. The van der Waals surface area contributed by atoms with Gasteiger partial charge in [0.05, 0.1) is 0 Å². The maximum Gasteiger partial charge on any atom is 0.188 e. The number of hydrogen-bond acceptors (Lipinski definition) is 3. The lowest BCUT2D eigenvalue weighted by Crippen LogP contribution is -2.17. The third kappa shape index (κ3) is 4.01. The van der Waals surface area contributed by atoms with Gasteiger partial charge in [-0.2, -0.15) is 0 Å². The van der Waals surface area contributed by atoms with Crippen LogP contribution < -0.4 is 15.3 Å². The van der Waals surface area contributed by atoms with Gasteiger partial charge in [-0.1, -0.05) is 78.9 Å². The summed E-state index contributed by atoms with van der Waals surface area (Å²) in [5.74, 6) is 0.705. The summed E-state index contributed by atoms with van der Waals surface area (Å²) in [5, 5.41) is 1.70. The quantitative estimate of drug-likeness (QED) is 0.473. The molecule has 0 aromatic heterocycles. The smallest absolute Gasteiger partial charge is 0.188 e. The molecule has 3 nitrogen and oxygen atoms in total. The first-order chi connectivity index (χ1) is 12.2. The zero-order chi connectivity index (χ0) is 17.5. The first kappa shape index (κ1) is 17.5. The van der Waals surface area contributed by atoms with Crippen LogP contribution >= 0.6 is 7.14 Å². The molecule has 0 atom stereocenters. The van der Waals surface area contributed by atoms with E-state index >= 15 is 0 Å². The Morgan fingerprint density at radius 3 is 1.84 bits per heavy atom. The van der Waals surface area contributed by atoms with E-state index in [-0.39, 0.29) is 6.79 Å². The summed E-state index contributed by atoms with van der Waals surface area (Å²) in [6, 6.07) is 27.0. The van der Waals surface area contributed by atoms with Crippen LogP contribution in [0.4, 0.5) is 0 Å². The number of methoxy groups -OCH3 is 1. The summed E-state index contributed by atoms with van der Waals surface area (Å²) in [6.45, 7) is 0.165. The molecule has 0 bridgehead atoms. The van der Waals surface area contributed by atoms with E-state index < -0.39 is 7.14 Å². The third-order valence-corrected chi connectivity index (χ3v) is 7.10. The van der Waals surface area contributed by atoms with Crippen LogP contribution in [0.3, 0.4) is 0 Å². The molecule has 0 aliphatic heterocycles. The maximum absolute atomic E-state index is 14.1. The zero-order valence-electron chi connectivity index (χ0n) is 14.2. The zero-order valence-corrected chi connectivity index (χ0v) is 15.1. The molecule has 128 valence electrons. The van der Waals surface area contributed by atoms with Crippen LogP contribution in [-0.4, -0.2) is 13.9 Å². The van der Waals surface area contributed by atoms with E-state index in [1.165, 1.54) is 0 Å². The molecule has 0 heterocycles. The highest BCUT2D eigenvalue weighted by Gasteiger charge is 2.28. The van der Waals surface area contributed by atoms with E-state index in [1.54, 1.807) is 7.11 Å². The van der Waals surface area contributed by atoms with Crippen molar-refractivity contribution in [1.29, 1.82) is 0 Å². The Bertz CT molecular complexity index is 804. The van der Waals surface area contributed by atoms with Crippen LogP contribution in [-0.2, 0) is 15.5 Å². The van der Waals surface area contributed by atoms with Crippen LogP contribution in [0.5, 0.6) is 5.75 Å². The van der Waals surface area contributed by atoms with Crippen molar-refractivity contribution < 1.29 is 14.0 Å². The van der Waals surface area contributed by atoms with Gasteiger partial charge in [0.15, 0.2) is 6.79 Å². The summed E-state index contributed by atoms with van der Waals surface area (Å²) in [4.78, 5) is 0. The molecule has 0 saturated carbocycles. The largest absolute Gasteiger partial charge is 0.467 e. The monoisotopic (exact) mass is 352 g/mol. The summed E-state index contributed by atoms with van der Waals surface area (Å²) in [6.07, 6.45) is 0.404. The molecule has 25 heavy (non-hydrogen) atoms. The standard InChI is InChI=1S/C21H21O3P/c1-23-17-24-21-15-9-8-10-18(21)16-25(22,19-11-4-2-5-12-19)20-13-6-3-7-14-20/h2-15H,16-17H2,1H3. The van der Waals surface area contributed by atoms with Crippen molar-refractivity contribution >= 4 is 17.8 Å². The minimum atomic E-state index is -2.83. The Morgan fingerprint density at radius 1 is 0.760 bits per heavy atom. The van der Waals surface area contributed by atoms with Gasteiger partial charge in [0.1, 0.15) is 12.9 Å². The molecule has 4 heteroatoms. The SMILES string of the molecule is COCOc1ccccc1CP(=O)(c1ccccc1)c1ccccc1. The predicted octanol–water partition coefficient (Wildman–Crippen LogP) is 4.18. The van der Waals surface area contributed by atoms with E-state index in [0.717, 1.165) is 16.2 Å². The van der Waals surface area contributed by atoms with Crippen molar-refractivity contribution in [3.63, 3.8) is 0 Å². The van der Waals surface area contributed by atoms with E-state index in [0.29, 0.717) is 11.9 Å². The minimum Gasteiger partial charge on any atom is -0.467 e. The highest BCUT2D eigenvalue weighted by atomic mass is 31.2. The molecule has 0 saturated heterocycles. The summed E-state index contributed by atoms with van der Waals surface area (Å²) in [5.41, 5.74) is 0.913. The highest BCUT2D eigenvalue weighted by molar-refractivity contribution is 7.78. The molecule has 0 spiro atoms. The maximum atomic E-state index is 14.1. The molecule has 0 amide bonds. The molecule has 3 rings (SSSR count). The lowest BCUT2D eigenvalue weighted by molar-refractivity contribution is 0.0506. The van der Waals surface area contributed by atoms with Crippen molar-refractivity contribution in [2.24, 2.45) is 0 Å². The first-order valence-electron chi connectivity index (χ1n) is 8.14. The average molecular weight is 352 g/mol. The highest BCUT2D eigenvalue weighted by Crippen LogP contribution is 2.48. The number of benzene rings is 3. The molecule has 0 radical (unpaired) electrons. The molecule has 0 fully saturated rings. The van der Waals surface area contributed by atoms with Crippen LogP contribution in [0.1, 0.15) is 5.56 Å². The number of ether oxygens (including phenoxy) is 2. The minimum absolute atomic E-state index is 0.165. The van der Waals surface area contributed by atoms with Gasteiger partial charge >= 0.3 is 0 Å². The van der Waals surface area contributed by atoms with E-state index in [9.17, 15) is 4.57 Å². The second kappa shape index (κ2) is 8.15. The van der Waals surface area contributed by atoms with Crippen molar-refractivity contribution in [3.05, 3.63) is 90.5 Å². The Labute approximate surface area is 148 Å². The fraction of sp³-hybridized carbons (Fsp3) is 0.143. The van der Waals surface area contributed by atoms with Crippen LogP contribution in [0.25, 0.3) is 0 Å². The fourth-order valence-corrected chi connectivity index (χ4v) is 5.52. The lowest BCUT2D eigenvalue weighted by Gasteiger charge is -2.21. The van der Waals surface area contributed by atoms with Gasteiger partial charge in [0, 0.05) is 29.4 Å². The fourth-order valence-electron chi connectivity index (χ4n) is 2.81. The first-order valence-corrected chi connectivity index (χ1v) is 10.0. The Kier molecular flexibility index (Phi) is 5.70. The second-order valence-electron chi connectivity index (χ2n) is 5.73. The van der Waals surface area contributed by atoms with Crippen LogP contribution in [0, 0.1) is 0 Å². The molecular weight excluding hydrogens is 331 g/mol. The van der Waals surface area contributed by atoms with Gasteiger partial charge in [-0.15, -0.1) is 0 Å². The number of rotatable bonds is 7. The van der Waals surface area contributed by atoms with Crippen molar-refractivity contribution in [2.75, 3.05) is 13.9 Å². The lowest BCUT2D eigenvalue weighted by atomic mass is 10.2. The van der Waals surface area contributed by atoms with E-state index in [2.05, 4.69) is 0 Å². The van der Waals surface area contributed by atoms with Gasteiger partial charge in [0.2, 0.25) is 0 Å². The van der Waals surface area contributed by atoms with Gasteiger partial charge in [-0.25, -0.2) is 0 Å². The summed E-state index contributed by atoms with van der Waals surface area (Å²) < 4.78 is 24.8. The van der Waals surface area contributed by atoms with Crippen LogP contribution in [0.2, 0.25) is 0 Å². The van der Waals surface area contributed by atoms with Crippen molar-refractivity contribution in [2.45, 2.75) is 6.16 Å². The number of hydrogen-bond donors (Lipinski definition) is 0. The normalized spacial score (nSPS) is 11.2. The third-order valence-electron chi connectivity index (χ3n) is 4.04. The van der Waals surface area contributed by atoms with Gasteiger partial charge in [-0.05, 0) is 6.07 Å². The Morgan fingerprint density at radius 2 is 1.28 bits per heavy atom. The molecule has 0 N–H and O–H groups in total. The van der Waals surface area contributed by atoms with E-state index in [4.69, 9.17) is 9.47 Å². The van der Waals surface area contributed by atoms with Crippen molar-refractivity contribution in [3.8, 4) is 5.75 Å². The van der Waals surface area contributed by atoms with Gasteiger partial charge < -0.3 is 14.0 Å². The predicted molar refractivity (Wildman–Crippen MR) is 102 cm³/mol. The molecule has 0 unspecified atom stereocenters. The average Bonchev–Trinajstić information content (AvgIpc) is 2.68. The summed E-state index contributed by atoms with van der Waals surface area (Å²) >= 11 is 0. The van der Waals surface area contributed by atoms with Gasteiger partial charge in [0.25, 0.3) is 0 Å². The molecule has 3 aromatic rings. The Hall–Kier alpha value is -2.35. The van der Waals surface area contributed by atoms with Crippen LogP contribution in [0.15, 0.2) is 84.9 Å². The second-order valence-corrected chi connectivity index (χ2v) is 8.56. The van der Waals surface area contributed by atoms with Crippen molar-refractivity contribution in [1.82, 2.24) is 0 Å². The topological polar surface area (TPSA) is 35.5 Å². The molecular formula is C21H21O3P. The number of para-hydroxylation sites is 1. The van der Waals surface area contributed by atoms with Gasteiger partial charge in [-0.3, -0.25) is 0 Å². The molecule has 0 aliphatic rings. The van der Waals surface area contributed by atoms with E-state index in [1.807, 2.05) is 84.9 Å². The molecule has 0 aliphatic carbocycles. The Balaban J connectivity index is 2.05. The summed E-state index contributed by atoms with van der Waals surface area (Å²) in [7, 11) is -1.24.